The van der Waals surface area contributed by atoms with Gasteiger partial charge in [-0.25, -0.2) is 8.87 Å². The summed E-state index contributed by atoms with van der Waals surface area (Å²) in [5.41, 5.74) is 2.53. The summed E-state index contributed by atoms with van der Waals surface area (Å²) in [6, 6.07) is 20.3. The van der Waals surface area contributed by atoms with Gasteiger partial charge < -0.3 is 4.74 Å². The molecule has 7 nitrogen and oxygen atoms in total. The predicted molar refractivity (Wildman–Crippen MR) is 144 cm³/mol. The SMILES string of the molecule is COc1cccc(C2[N+](=O)C=C3[N+](C)(CNCCc4ccccn4)C=CC(Cc4ccccc4F)[N+]32C)c1. The Bertz CT molecular complexity index is 1380. The minimum atomic E-state index is -0.534. The lowest BCUT2D eigenvalue weighted by Gasteiger charge is -2.44. The molecule has 5 rings (SSSR count). The summed E-state index contributed by atoms with van der Waals surface area (Å²) >= 11 is 0. The number of quaternary nitrogens is 2. The maximum absolute atomic E-state index is 14.8. The van der Waals surface area contributed by atoms with E-state index in [0.29, 0.717) is 33.4 Å². The van der Waals surface area contributed by atoms with Gasteiger partial charge in [-0.1, -0.05) is 30.3 Å². The molecule has 8 heteroatoms. The van der Waals surface area contributed by atoms with Crippen molar-refractivity contribution in [3.8, 4) is 5.75 Å². The van der Waals surface area contributed by atoms with Crippen LogP contribution in [-0.4, -0.2) is 59.2 Å². The average molecular weight is 517 g/mol. The highest BCUT2D eigenvalue weighted by Gasteiger charge is 2.66. The Morgan fingerprint density at radius 2 is 1.89 bits per heavy atom. The lowest BCUT2D eigenvalue weighted by molar-refractivity contribution is -1.07. The molecule has 0 amide bonds. The molecule has 0 saturated carbocycles. The highest BCUT2D eigenvalue weighted by Crippen LogP contribution is 2.48. The van der Waals surface area contributed by atoms with E-state index >= 15 is 0 Å². The van der Waals surface area contributed by atoms with E-state index in [-0.39, 0.29) is 11.9 Å². The summed E-state index contributed by atoms with van der Waals surface area (Å²) in [4.78, 5) is 18.1. The van der Waals surface area contributed by atoms with Crippen molar-refractivity contribution in [2.24, 2.45) is 0 Å². The second kappa shape index (κ2) is 10.6. The molecule has 196 valence electrons. The normalized spacial score (nSPS) is 26.2. The fraction of sp³-hybridized carbons (Fsp3) is 0.300. The van der Waals surface area contributed by atoms with Gasteiger partial charge in [0.1, 0.15) is 35.2 Å². The molecular weight excluding hydrogens is 481 g/mol. The van der Waals surface area contributed by atoms with Crippen molar-refractivity contribution in [2.75, 3.05) is 34.4 Å². The lowest BCUT2D eigenvalue weighted by atomic mass is 9.97. The molecular formula is C30H35FN5O2+3. The summed E-state index contributed by atoms with van der Waals surface area (Å²) in [6.45, 7) is 1.36. The Morgan fingerprint density at radius 3 is 2.66 bits per heavy atom. The van der Waals surface area contributed by atoms with E-state index in [0.717, 1.165) is 34.8 Å². The van der Waals surface area contributed by atoms with Gasteiger partial charge in [-0.3, -0.25) is 10.3 Å². The van der Waals surface area contributed by atoms with E-state index < -0.39 is 6.17 Å². The molecule has 1 N–H and O–H groups in total. The number of methoxy groups -OCH3 is 1. The number of rotatable bonds is 9. The number of pyridine rings is 1. The number of halogens is 1. The van der Waals surface area contributed by atoms with Crippen molar-refractivity contribution in [3.05, 3.63) is 125 Å². The fourth-order valence-electron chi connectivity index (χ4n) is 5.80. The third-order valence-corrected chi connectivity index (χ3v) is 7.84. The first kappa shape index (κ1) is 25.9. The van der Waals surface area contributed by atoms with Crippen LogP contribution in [0.3, 0.4) is 0 Å². The van der Waals surface area contributed by atoms with Crippen LogP contribution in [0.1, 0.15) is 23.0 Å². The summed E-state index contributed by atoms with van der Waals surface area (Å²) in [7, 11) is 5.82. The summed E-state index contributed by atoms with van der Waals surface area (Å²) < 4.78 is 22.0. The Morgan fingerprint density at radius 1 is 1.08 bits per heavy atom. The van der Waals surface area contributed by atoms with Crippen LogP contribution < -0.4 is 10.1 Å². The Hall–Kier alpha value is -3.72. The van der Waals surface area contributed by atoms with Crippen molar-refractivity contribution in [2.45, 2.75) is 25.0 Å². The number of benzene rings is 2. The van der Waals surface area contributed by atoms with Crippen LogP contribution in [0.25, 0.3) is 0 Å². The minimum absolute atomic E-state index is 0.145. The smallest absolute Gasteiger partial charge is 0.375 e. The molecule has 0 fully saturated rings. The molecule has 2 aromatic carbocycles. The van der Waals surface area contributed by atoms with Crippen LogP contribution in [0.15, 0.2) is 97.2 Å². The standard InChI is InChI=1S/C30H35FN5O2/c1-35(22-32-17-14-25-11-6-7-16-33-25)18-15-26(19-23-9-4-5-13-28(23)31)36(2)29(35)21-34(37)30(36)24-10-8-12-27(20-24)38-3/h4-13,15-16,18,20-21,26,30,32H,14,17,19,22H2,1-3H3/q+3. The summed E-state index contributed by atoms with van der Waals surface area (Å²) in [6.07, 6.45) is 8.56. The Labute approximate surface area is 223 Å². The quantitative estimate of drug-likeness (QED) is 0.256. The van der Waals surface area contributed by atoms with Crippen molar-refractivity contribution in [3.63, 3.8) is 0 Å². The topological polar surface area (TPSA) is 54.2 Å². The van der Waals surface area contributed by atoms with Gasteiger partial charge in [-0.15, -0.1) is 0 Å². The molecule has 0 aliphatic carbocycles. The van der Waals surface area contributed by atoms with Gasteiger partial charge in [0.15, 0.2) is 0 Å². The number of ether oxygens (including phenoxy) is 1. The molecule has 0 spiro atoms. The zero-order valence-electron chi connectivity index (χ0n) is 22.1. The van der Waals surface area contributed by atoms with Crippen molar-refractivity contribution in [1.29, 1.82) is 0 Å². The first-order chi connectivity index (χ1) is 18.3. The van der Waals surface area contributed by atoms with Crippen LogP contribution in [0.4, 0.5) is 4.39 Å². The van der Waals surface area contributed by atoms with Crippen LogP contribution in [0.2, 0.25) is 0 Å². The second-order valence-electron chi connectivity index (χ2n) is 10.3. The second-order valence-corrected chi connectivity index (χ2v) is 10.3. The van der Waals surface area contributed by atoms with E-state index in [9.17, 15) is 9.30 Å². The largest absolute Gasteiger partial charge is 0.497 e. The van der Waals surface area contributed by atoms with Gasteiger partial charge in [-0.05, 0) is 42.0 Å². The molecule has 1 aromatic heterocycles. The number of hydrogen-bond donors (Lipinski definition) is 1. The third kappa shape index (κ3) is 4.78. The number of aromatic nitrogens is 1. The van der Waals surface area contributed by atoms with Crippen molar-refractivity contribution < 1.29 is 22.9 Å². The van der Waals surface area contributed by atoms with Gasteiger partial charge in [0.2, 0.25) is 0 Å². The zero-order chi connectivity index (χ0) is 26.8. The van der Waals surface area contributed by atoms with Crippen LogP contribution >= 0.6 is 0 Å². The van der Waals surface area contributed by atoms with Crippen molar-refractivity contribution in [1.82, 2.24) is 10.3 Å². The predicted octanol–water partition coefficient (Wildman–Crippen LogP) is 4.64. The molecule has 4 unspecified atom stereocenters. The molecule has 3 heterocycles. The number of nitroso groups, excluding NO2 is 1. The van der Waals surface area contributed by atoms with Crippen molar-refractivity contribution >= 4 is 0 Å². The first-order valence-corrected chi connectivity index (χ1v) is 12.9. The van der Waals surface area contributed by atoms with E-state index in [1.54, 1.807) is 25.6 Å². The van der Waals surface area contributed by atoms with Crippen LogP contribution in [-0.2, 0) is 12.8 Å². The van der Waals surface area contributed by atoms with E-state index in [1.165, 1.54) is 6.07 Å². The molecule has 2 aliphatic heterocycles. The van der Waals surface area contributed by atoms with Crippen LogP contribution in [0.5, 0.6) is 5.75 Å². The third-order valence-electron chi connectivity index (χ3n) is 7.84. The summed E-state index contributed by atoms with van der Waals surface area (Å²) in [5, 5.41) is 3.56. The van der Waals surface area contributed by atoms with Gasteiger partial charge in [0, 0.05) is 42.3 Å². The Balaban J connectivity index is 1.48. The van der Waals surface area contributed by atoms with Gasteiger partial charge >= 0.3 is 18.2 Å². The molecule has 0 bridgehead atoms. The van der Waals surface area contributed by atoms with Crippen LogP contribution in [0, 0.1) is 10.7 Å². The summed E-state index contributed by atoms with van der Waals surface area (Å²) in [5.74, 6) is 1.41. The average Bonchev–Trinajstić information content (AvgIpc) is 3.22. The van der Waals surface area contributed by atoms with E-state index in [4.69, 9.17) is 4.74 Å². The Kier molecular flexibility index (Phi) is 7.21. The number of fused-ring (bicyclic) bond motifs is 1. The monoisotopic (exact) mass is 516 g/mol. The maximum Gasteiger partial charge on any atom is 0.375 e. The van der Waals surface area contributed by atoms with E-state index in [1.807, 2.05) is 54.6 Å². The van der Waals surface area contributed by atoms with Gasteiger partial charge in [0.25, 0.3) is 0 Å². The van der Waals surface area contributed by atoms with E-state index in [2.05, 4.69) is 36.7 Å². The number of nitrogens with zero attached hydrogens (tertiary/aromatic N) is 4. The minimum Gasteiger partial charge on any atom is -0.497 e. The fourth-order valence-corrected chi connectivity index (χ4v) is 5.80. The highest BCUT2D eigenvalue weighted by atomic mass is 19.1. The first-order valence-electron chi connectivity index (χ1n) is 12.9. The molecule has 0 saturated heterocycles. The highest BCUT2D eigenvalue weighted by molar-refractivity contribution is 5.30. The van der Waals surface area contributed by atoms with Gasteiger partial charge in [0.05, 0.1) is 26.8 Å². The number of likely N-dealkylation sites (N-methyl/N-ethyl adjacent to an activating group) is 1. The molecule has 2 aliphatic rings. The lowest BCUT2D eigenvalue weighted by Crippen LogP contribution is -2.63. The maximum atomic E-state index is 14.8. The molecule has 3 aromatic rings. The molecule has 38 heavy (non-hydrogen) atoms. The zero-order valence-corrected chi connectivity index (χ0v) is 22.1. The molecule has 0 radical (unpaired) electrons. The number of nitrogens with one attached hydrogen (secondary N) is 1. The number of hydrogen-bond acceptors (Lipinski definition) is 4. The van der Waals surface area contributed by atoms with Gasteiger partial charge in [-0.2, -0.15) is 4.48 Å². The molecule has 4 atom stereocenters.